The maximum atomic E-state index is 12.7. The predicted octanol–water partition coefficient (Wildman–Crippen LogP) is 2.65. The third-order valence-corrected chi connectivity index (χ3v) is 3.80. The molecule has 0 fully saturated rings. The molecule has 0 saturated carbocycles. The lowest BCUT2D eigenvalue weighted by Crippen LogP contribution is -2.16. The minimum absolute atomic E-state index is 0.154. The van der Waals surface area contributed by atoms with Crippen LogP contribution >= 0.6 is 0 Å². The fraction of sp³-hybridized carbons (Fsp3) is 0.222. The SMILES string of the molecule is CCC(=O)Nc1ccc(OC)cc1NC(=O)c1cnn2cc(C)cnc12. The van der Waals surface area contributed by atoms with Crippen LogP contribution in [0.25, 0.3) is 5.65 Å². The van der Waals surface area contributed by atoms with E-state index in [0.29, 0.717) is 34.8 Å². The van der Waals surface area contributed by atoms with Gasteiger partial charge in [-0.05, 0) is 24.6 Å². The molecule has 0 saturated heterocycles. The Labute approximate surface area is 150 Å². The summed E-state index contributed by atoms with van der Waals surface area (Å²) in [5, 5.41) is 9.72. The van der Waals surface area contributed by atoms with Gasteiger partial charge in [0.1, 0.15) is 11.3 Å². The molecule has 0 spiro atoms. The van der Waals surface area contributed by atoms with Crippen LogP contribution < -0.4 is 15.4 Å². The number of nitrogens with one attached hydrogen (secondary N) is 2. The third kappa shape index (κ3) is 3.49. The van der Waals surface area contributed by atoms with E-state index in [4.69, 9.17) is 4.74 Å². The molecule has 1 aromatic carbocycles. The summed E-state index contributed by atoms with van der Waals surface area (Å²) in [4.78, 5) is 28.7. The van der Waals surface area contributed by atoms with Crippen molar-refractivity contribution in [2.45, 2.75) is 20.3 Å². The summed E-state index contributed by atoms with van der Waals surface area (Å²) in [6.45, 7) is 3.65. The van der Waals surface area contributed by atoms with Gasteiger partial charge >= 0.3 is 0 Å². The van der Waals surface area contributed by atoms with Crippen molar-refractivity contribution in [3.05, 3.63) is 47.9 Å². The molecule has 8 nitrogen and oxygen atoms in total. The molecule has 134 valence electrons. The van der Waals surface area contributed by atoms with Crippen molar-refractivity contribution in [3.8, 4) is 5.75 Å². The normalized spacial score (nSPS) is 10.6. The number of carbonyl (C=O) groups is 2. The summed E-state index contributed by atoms with van der Waals surface area (Å²) in [7, 11) is 1.53. The first-order chi connectivity index (χ1) is 12.5. The van der Waals surface area contributed by atoms with E-state index in [0.717, 1.165) is 5.56 Å². The Morgan fingerprint density at radius 3 is 2.73 bits per heavy atom. The molecule has 2 heterocycles. The molecule has 2 amide bonds. The van der Waals surface area contributed by atoms with Crippen molar-refractivity contribution in [1.82, 2.24) is 14.6 Å². The molecule has 2 N–H and O–H groups in total. The van der Waals surface area contributed by atoms with Crippen LogP contribution in [0.3, 0.4) is 0 Å². The second kappa shape index (κ2) is 7.22. The average Bonchev–Trinajstić information content (AvgIpc) is 3.05. The minimum Gasteiger partial charge on any atom is -0.497 e. The van der Waals surface area contributed by atoms with E-state index in [9.17, 15) is 9.59 Å². The van der Waals surface area contributed by atoms with E-state index >= 15 is 0 Å². The van der Waals surface area contributed by atoms with Gasteiger partial charge in [-0.15, -0.1) is 0 Å². The second-order valence-electron chi connectivity index (χ2n) is 5.73. The van der Waals surface area contributed by atoms with Crippen LogP contribution in [-0.4, -0.2) is 33.5 Å². The number of benzene rings is 1. The highest BCUT2D eigenvalue weighted by molar-refractivity contribution is 6.10. The summed E-state index contributed by atoms with van der Waals surface area (Å²) >= 11 is 0. The highest BCUT2D eigenvalue weighted by Gasteiger charge is 2.17. The Kier molecular flexibility index (Phi) is 4.83. The quantitative estimate of drug-likeness (QED) is 0.735. The number of hydrogen-bond donors (Lipinski definition) is 2. The molecule has 0 atom stereocenters. The second-order valence-corrected chi connectivity index (χ2v) is 5.73. The number of carbonyl (C=O) groups excluding carboxylic acids is 2. The highest BCUT2D eigenvalue weighted by Crippen LogP contribution is 2.28. The van der Waals surface area contributed by atoms with Gasteiger partial charge in [0, 0.05) is 24.9 Å². The molecular formula is C18H19N5O3. The van der Waals surface area contributed by atoms with Crippen molar-refractivity contribution in [3.63, 3.8) is 0 Å². The van der Waals surface area contributed by atoms with Gasteiger partial charge in [-0.2, -0.15) is 5.10 Å². The van der Waals surface area contributed by atoms with Gasteiger partial charge in [-0.3, -0.25) is 9.59 Å². The van der Waals surface area contributed by atoms with Gasteiger partial charge in [-0.1, -0.05) is 6.92 Å². The molecule has 0 aliphatic rings. The molecule has 0 aliphatic carbocycles. The average molecular weight is 353 g/mol. The molecule has 0 unspecified atom stereocenters. The standard InChI is InChI=1S/C18H19N5O3/c1-4-16(24)21-14-6-5-12(26-3)7-15(14)22-18(25)13-9-20-23-10-11(2)8-19-17(13)23/h5-10H,4H2,1-3H3,(H,21,24)(H,22,25). The van der Waals surface area contributed by atoms with Crippen LogP contribution in [0.15, 0.2) is 36.8 Å². The van der Waals surface area contributed by atoms with Crippen LogP contribution in [-0.2, 0) is 4.79 Å². The van der Waals surface area contributed by atoms with Gasteiger partial charge in [-0.25, -0.2) is 9.50 Å². The first kappa shape index (κ1) is 17.4. The Morgan fingerprint density at radius 2 is 2.00 bits per heavy atom. The fourth-order valence-electron chi connectivity index (χ4n) is 2.42. The number of ether oxygens (including phenoxy) is 1. The Hall–Kier alpha value is -3.42. The summed E-state index contributed by atoms with van der Waals surface area (Å²) in [6, 6.07) is 5.03. The van der Waals surface area contributed by atoms with Crippen LogP contribution in [0.2, 0.25) is 0 Å². The molecule has 2 aromatic heterocycles. The summed E-state index contributed by atoms with van der Waals surface area (Å²) in [5.41, 5.74) is 2.65. The van der Waals surface area contributed by atoms with E-state index in [1.54, 1.807) is 42.0 Å². The molecule has 0 aliphatic heterocycles. The number of fused-ring (bicyclic) bond motifs is 1. The lowest BCUT2D eigenvalue weighted by Gasteiger charge is -2.13. The molecule has 0 bridgehead atoms. The monoisotopic (exact) mass is 353 g/mol. The number of methoxy groups -OCH3 is 1. The summed E-state index contributed by atoms with van der Waals surface area (Å²) < 4.78 is 6.76. The number of aromatic nitrogens is 3. The van der Waals surface area contributed by atoms with Gasteiger partial charge in [0.05, 0.1) is 24.7 Å². The Balaban J connectivity index is 1.93. The van der Waals surface area contributed by atoms with E-state index in [1.807, 2.05) is 6.92 Å². The molecule has 8 heteroatoms. The Morgan fingerprint density at radius 1 is 1.19 bits per heavy atom. The number of hydrogen-bond acceptors (Lipinski definition) is 5. The smallest absolute Gasteiger partial charge is 0.261 e. The van der Waals surface area contributed by atoms with Crippen molar-refractivity contribution in [1.29, 1.82) is 0 Å². The maximum absolute atomic E-state index is 12.7. The van der Waals surface area contributed by atoms with Crippen molar-refractivity contribution in [2.24, 2.45) is 0 Å². The first-order valence-electron chi connectivity index (χ1n) is 8.11. The van der Waals surface area contributed by atoms with E-state index in [1.165, 1.54) is 13.3 Å². The topological polar surface area (TPSA) is 97.6 Å². The summed E-state index contributed by atoms with van der Waals surface area (Å²) in [6.07, 6.45) is 5.25. The third-order valence-electron chi connectivity index (χ3n) is 3.80. The van der Waals surface area contributed by atoms with Crippen molar-refractivity contribution >= 4 is 28.8 Å². The van der Waals surface area contributed by atoms with Crippen LogP contribution in [0.4, 0.5) is 11.4 Å². The van der Waals surface area contributed by atoms with Crippen molar-refractivity contribution < 1.29 is 14.3 Å². The zero-order chi connectivity index (χ0) is 18.7. The summed E-state index contributed by atoms with van der Waals surface area (Å²) in [5.74, 6) is 0.0267. The zero-order valence-corrected chi connectivity index (χ0v) is 14.7. The van der Waals surface area contributed by atoms with Gasteiger partial charge in [0.2, 0.25) is 5.91 Å². The molecule has 3 rings (SSSR count). The van der Waals surface area contributed by atoms with Crippen LogP contribution in [0.5, 0.6) is 5.75 Å². The number of nitrogens with zero attached hydrogens (tertiary/aromatic N) is 3. The predicted molar refractivity (Wildman–Crippen MR) is 97.6 cm³/mol. The number of amides is 2. The lowest BCUT2D eigenvalue weighted by atomic mass is 10.2. The van der Waals surface area contributed by atoms with E-state index in [-0.39, 0.29) is 11.8 Å². The molecule has 26 heavy (non-hydrogen) atoms. The van der Waals surface area contributed by atoms with Gasteiger partial charge < -0.3 is 15.4 Å². The van der Waals surface area contributed by atoms with Crippen molar-refractivity contribution in [2.75, 3.05) is 17.7 Å². The fourth-order valence-corrected chi connectivity index (χ4v) is 2.42. The van der Waals surface area contributed by atoms with E-state index < -0.39 is 0 Å². The van der Waals surface area contributed by atoms with E-state index in [2.05, 4.69) is 20.7 Å². The number of aryl methyl sites for hydroxylation is 1. The van der Waals surface area contributed by atoms with Gasteiger partial charge in [0.25, 0.3) is 5.91 Å². The van der Waals surface area contributed by atoms with Gasteiger partial charge in [0.15, 0.2) is 5.65 Å². The number of rotatable bonds is 5. The number of anilines is 2. The minimum atomic E-state index is -0.378. The van der Waals surface area contributed by atoms with Crippen LogP contribution in [0, 0.1) is 6.92 Å². The first-order valence-corrected chi connectivity index (χ1v) is 8.11. The molecular weight excluding hydrogens is 334 g/mol. The zero-order valence-electron chi connectivity index (χ0n) is 14.7. The Bertz CT molecular complexity index is 980. The maximum Gasteiger partial charge on any atom is 0.261 e. The highest BCUT2D eigenvalue weighted by atomic mass is 16.5. The largest absolute Gasteiger partial charge is 0.497 e. The van der Waals surface area contributed by atoms with Crippen LogP contribution in [0.1, 0.15) is 29.3 Å². The molecule has 0 radical (unpaired) electrons. The molecule has 3 aromatic rings. The lowest BCUT2D eigenvalue weighted by molar-refractivity contribution is -0.115.